The van der Waals surface area contributed by atoms with Gasteiger partial charge in [0.25, 0.3) is 0 Å². The molecule has 1 rings (SSSR count). The van der Waals surface area contributed by atoms with E-state index in [1.165, 1.54) is 6.07 Å². The number of carboxylic acid groups (broad SMARTS) is 1. The second-order valence-electron chi connectivity index (χ2n) is 4.41. The number of benzene rings is 1. The highest BCUT2D eigenvalue weighted by molar-refractivity contribution is 5.94. The van der Waals surface area contributed by atoms with Crippen molar-refractivity contribution in [1.82, 2.24) is 5.32 Å². The molecule has 0 aliphatic carbocycles. The number of hydrogen-bond acceptors (Lipinski definition) is 3. The predicted molar refractivity (Wildman–Crippen MR) is 70.2 cm³/mol. The molecule has 0 saturated heterocycles. The van der Waals surface area contributed by atoms with Crippen molar-refractivity contribution in [3.8, 4) is 0 Å². The van der Waals surface area contributed by atoms with Gasteiger partial charge in [0.1, 0.15) is 0 Å². The molecule has 7 heteroatoms. The van der Waals surface area contributed by atoms with E-state index in [1.807, 2.05) is 0 Å². The van der Waals surface area contributed by atoms with Crippen LogP contribution in [0.5, 0.6) is 0 Å². The monoisotopic (exact) mass is 290 g/mol. The van der Waals surface area contributed by atoms with Gasteiger partial charge < -0.3 is 15.3 Å². The van der Waals surface area contributed by atoms with E-state index in [-0.39, 0.29) is 11.3 Å². The maximum Gasteiger partial charge on any atom is 0.416 e. The standard InChI is InChI=1S/C13H17F3N2O2/c1-17-6-3-7-18(2)11-5-4-9(13(14,15)16)8-10(11)12(19)20/h4-5,8,17H,3,6-7H2,1-2H3,(H,19,20). The Balaban J connectivity index is 3.04. The Morgan fingerprint density at radius 3 is 2.55 bits per heavy atom. The van der Waals surface area contributed by atoms with Gasteiger partial charge in [0.2, 0.25) is 0 Å². The number of nitrogens with one attached hydrogen (secondary N) is 1. The molecule has 112 valence electrons. The second kappa shape index (κ2) is 6.60. The Morgan fingerprint density at radius 1 is 1.40 bits per heavy atom. The molecule has 0 amide bonds. The topological polar surface area (TPSA) is 52.6 Å². The van der Waals surface area contributed by atoms with Crippen LogP contribution in [0.2, 0.25) is 0 Å². The van der Waals surface area contributed by atoms with Crippen molar-refractivity contribution in [2.24, 2.45) is 0 Å². The number of alkyl halides is 3. The van der Waals surface area contributed by atoms with Crippen LogP contribution in [0.1, 0.15) is 22.3 Å². The SMILES string of the molecule is CNCCCN(C)c1ccc(C(F)(F)F)cc1C(=O)O. The number of carbonyl (C=O) groups is 1. The summed E-state index contributed by atoms with van der Waals surface area (Å²) in [5.41, 5.74) is -1.02. The third-order valence-corrected chi connectivity index (χ3v) is 2.89. The van der Waals surface area contributed by atoms with Crippen molar-refractivity contribution in [1.29, 1.82) is 0 Å². The zero-order valence-electron chi connectivity index (χ0n) is 11.3. The summed E-state index contributed by atoms with van der Waals surface area (Å²) in [7, 11) is 3.45. The number of rotatable bonds is 6. The Morgan fingerprint density at radius 2 is 2.05 bits per heavy atom. The van der Waals surface area contributed by atoms with E-state index in [1.54, 1.807) is 19.0 Å². The van der Waals surface area contributed by atoms with Gasteiger partial charge in [0.05, 0.1) is 16.8 Å². The van der Waals surface area contributed by atoms with Crippen LogP contribution in [0.4, 0.5) is 18.9 Å². The van der Waals surface area contributed by atoms with Crippen molar-refractivity contribution in [3.63, 3.8) is 0 Å². The number of halogens is 3. The van der Waals surface area contributed by atoms with Crippen molar-refractivity contribution >= 4 is 11.7 Å². The number of nitrogens with zero attached hydrogens (tertiary/aromatic N) is 1. The first-order chi connectivity index (χ1) is 9.27. The van der Waals surface area contributed by atoms with Gasteiger partial charge in [0, 0.05) is 13.6 Å². The van der Waals surface area contributed by atoms with Crippen LogP contribution in [0.25, 0.3) is 0 Å². The number of anilines is 1. The highest BCUT2D eigenvalue weighted by Gasteiger charge is 2.32. The van der Waals surface area contributed by atoms with E-state index >= 15 is 0 Å². The van der Waals surface area contributed by atoms with Gasteiger partial charge in [0.15, 0.2) is 0 Å². The largest absolute Gasteiger partial charge is 0.478 e. The predicted octanol–water partition coefficient (Wildman–Crippen LogP) is 2.45. The molecule has 0 unspecified atom stereocenters. The smallest absolute Gasteiger partial charge is 0.416 e. The molecule has 0 aliphatic heterocycles. The fraction of sp³-hybridized carbons (Fsp3) is 0.462. The highest BCUT2D eigenvalue weighted by atomic mass is 19.4. The Bertz CT molecular complexity index is 475. The molecular formula is C13H17F3N2O2. The van der Waals surface area contributed by atoms with E-state index in [4.69, 9.17) is 5.11 Å². The lowest BCUT2D eigenvalue weighted by Crippen LogP contribution is -2.24. The Labute approximate surface area is 115 Å². The second-order valence-corrected chi connectivity index (χ2v) is 4.41. The summed E-state index contributed by atoms with van der Waals surface area (Å²) in [4.78, 5) is 12.8. The molecule has 4 nitrogen and oxygen atoms in total. The van der Waals surface area contributed by atoms with Crippen LogP contribution in [-0.4, -0.2) is 38.3 Å². The maximum absolute atomic E-state index is 12.6. The molecule has 0 aromatic heterocycles. The van der Waals surface area contributed by atoms with Crippen LogP contribution >= 0.6 is 0 Å². The van der Waals surface area contributed by atoms with Crippen LogP contribution in [0.15, 0.2) is 18.2 Å². The Kier molecular flexibility index (Phi) is 5.38. The van der Waals surface area contributed by atoms with Gasteiger partial charge in [-0.3, -0.25) is 0 Å². The van der Waals surface area contributed by atoms with Crippen molar-refractivity contribution in [2.45, 2.75) is 12.6 Å². The van der Waals surface area contributed by atoms with E-state index in [0.29, 0.717) is 12.6 Å². The van der Waals surface area contributed by atoms with Gasteiger partial charge in [-0.25, -0.2) is 4.79 Å². The number of aromatic carboxylic acids is 1. The summed E-state index contributed by atoms with van der Waals surface area (Å²) in [6.07, 6.45) is -3.79. The molecule has 0 saturated carbocycles. The van der Waals surface area contributed by atoms with Gasteiger partial charge >= 0.3 is 12.1 Å². The van der Waals surface area contributed by atoms with Crippen molar-refractivity contribution in [3.05, 3.63) is 29.3 Å². The zero-order chi connectivity index (χ0) is 15.3. The number of hydrogen-bond donors (Lipinski definition) is 2. The van der Waals surface area contributed by atoms with Crippen molar-refractivity contribution < 1.29 is 23.1 Å². The molecule has 1 aromatic rings. The molecule has 0 spiro atoms. The van der Waals surface area contributed by atoms with E-state index < -0.39 is 17.7 Å². The molecule has 2 N–H and O–H groups in total. The summed E-state index contributed by atoms with van der Waals surface area (Å²) in [5, 5.41) is 12.0. The molecule has 0 atom stereocenters. The highest BCUT2D eigenvalue weighted by Crippen LogP contribution is 2.32. The third-order valence-electron chi connectivity index (χ3n) is 2.89. The average molecular weight is 290 g/mol. The summed E-state index contributed by atoms with van der Waals surface area (Å²) >= 11 is 0. The van der Waals surface area contributed by atoms with Gasteiger partial charge in [-0.05, 0) is 38.2 Å². The van der Waals surface area contributed by atoms with Gasteiger partial charge in [-0.2, -0.15) is 13.2 Å². The van der Waals surface area contributed by atoms with Gasteiger partial charge in [-0.1, -0.05) is 0 Å². The average Bonchev–Trinajstić information content (AvgIpc) is 2.37. The quantitative estimate of drug-likeness (QED) is 0.790. The maximum atomic E-state index is 12.6. The number of carboxylic acids is 1. The molecule has 0 aliphatic rings. The molecule has 1 aromatic carbocycles. The lowest BCUT2D eigenvalue weighted by Gasteiger charge is -2.22. The fourth-order valence-electron chi connectivity index (χ4n) is 1.83. The van der Waals surface area contributed by atoms with Gasteiger partial charge in [-0.15, -0.1) is 0 Å². The summed E-state index contributed by atoms with van der Waals surface area (Å²) in [6.45, 7) is 1.29. The van der Waals surface area contributed by atoms with Crippen LogP contribution in [-0.2, 0) is 6.18 Å². The first kappa shape index (κ1) is 16.3. The molecule has 0 bridgehead atoms. The molecular weight excluding hydrogens is 273 g/mol. The molecule has 0 heterocycles. The normalized spacial score (nSPS) is 11.4. The molecule has 0 fully saturated rings. The summed E-state index contributed by atoms with van der Waals surface area (Å²) in [5.74, 6) is -1.37. The zero-order valence-corrected chi connectivity index (χ0v) is 11.3. The van der Waals surface area contributed by atoms with Crippen LogP contribution in [0, 0.1) is 0 Å². The van der Waals surface area contributed by atoms with Crippen LogP contribution < -0.4 is 10.2 Å². The van der Waals surface area contributed by atoms with Crippen LogP contribution in [0.3, 0.4) is 0 Å². The molecule has 0 radical (unpaired) electrons. The third kappa shape index (κ3) is 4.12. The van der Waals surface area contributed by atoms with E-state index in [2.05, 4.69) is 5.32 Å². The lowest BCUT2D eigenvalue weighted by molar-refractivity contribution is -0.137. The first-order valence-electron chi connectivity index (χ1n) is 6.07. The summed E-state index contributed by atoms with van der Waals surface area (Å²) in [6, 6.07) is 2.77. The van der Waals surface area contributed by atoms with E-state index in [0.717, 1.165) is 19.0 Å². The Hall–Kier alpha value is -1.76. The van der Waals surface area contributed by atoms with Crippen molar-refractivity contribution in [2.75, 3.05) is 32.1 Å². The minimum Gasteiger partial charge on any atom is -0.478 e. The lowest BCUT2D eigenvalue weighted by atomic mass is 10.1. The first-order valence-corrected chi connectivity index (χ1v) is 6.07. The summed E-state index contributed by atoms with van der Waals surface area (Å²) < 4.78 is 37.8. The minimum atomic E-state index is -4.55. The minimum absolute atomic E-state index is 0.279. The fourth-order valence-corrected chi connectivity index (χ4v) is 1.83. The molecule has 20 heavy (non-hydrogen) atoms. The van der Waals surface area contributed by atoms with E-state index in [9.17, 15) is 18.0 Å².